The Kier molecular flexibility index (Phi) is 4.55. The molecule has 1 aliphatic carbocycles. The van der Waals surface area contributed by atoms with Crippen LogP contribution in [0.4, 0.5) is 5.69 Å². The van der Waals surface area contributed by atoms with E-state index in [4.69, 9.17) is 5.73 Å². The van der Waals surface area contributed by atoms with Crippen molar-refractivity contribution in [1.29, 1.82) is 0 Å². The van der Waals surface area contributed by atoms with Crippen molar-refractivity contribution in [3.63, 3.8) is 0 Å². The summed E-state index contributed by atoms with van der Waals surface area (Å²) in [6.45, 7) is 2.18. The highest BCUT2D eigenvalue weighted by Gasteiger charge is 2.51. The second-order valence-electron chi connectivity index (χ2n) is 6.82. The average Bonchev–Trinajstić information content (AvgIpc) is 2.80. The first-order chi connectivity index (χ1) is 11.5. The standard InChI is InChI=1S/C18H23N3O3/c1-11-3-2-4-14-16(11)18(24)21(17(14)23)10-15(22)20-9-12-5-7-13(19)8-6-12/h5-8,11,14,16H,2-4,9-10,19H2,1H3,(H,20,22)/t11-,14-,16+/m1/s1. The van der Waals surface area contributed by atoms with Crippen molar-refractivity contribution < 1.29 is 14.4 Å². The third-order valence-corrected chi connectivity index (χ3v) is 5.13. The predicted molar refractivity (Wildman–Crippen MR) is 89.4 cm³/mol. The molecule has 1 aromatic rings. The molecule has 1 saturated heterocycles. The number of benzene rings is 1. The Hall–Kier alpha value is -2.37. The summed E-state index contributed by atoms with van der Waals surface area (Å²) in [5.41, 5.74) is 7.20. The molecular formula is C18H23N3O3. The molecule has 0 unspecified atom stereocenters. The average molecular weight is 329 g/mol. The van der Waals surface area contributed by atoms with Crippen LogP contribution in [0.1, 0.15) is 31.7 Å². The molecule has 1 saturated carbocycles. The minimum Gasteiger partial charge on any atom is -0.399 e. The van der Waals surface area contributed by atoms with Gasteiger partial charge in [-0.15, -0.1) is 0 Å². The van der Waals surface area contributed by atoms with E-state index in [0.717, 1.165) is 29.7 Å². The third-order valence-electron chi connectivity index (χ3n) is 5.13. The van der Waals surface area contributed by atoms with Crippen LogP contribution in [-0.2, 0) is 20.9 Å². The monoisotopic (exact) mass is 329 g/mol. The predicted octanol–water partition coefficient (Wildman–Crippen LogP) is 1.31. The van der Waals surface area contributed by atoms with Gasteiger partial charge in [0.25, 0.3) is 0 Å². The minimum absolute atomic E-state index is 0.181. The Balaban J connectivity index is 1.59. The van der Waals surface area contributed by atoms with Gasteiger partial charge in [0.2, 0.25) is 17.7 Å². The number of nitrogens with two attached hydrogens (primary N) is 1. The summed E-state index contributed by atoms with van der Waals surface area (Å²) >= 11 is 0. The van der Waals surface area contributed by atoms with Crippen molar-refractivity contribution in [3.05, 3.63) is 29.8 Å². The molecule has 0 aromatic heterocycles. The third kappa shape index (κ3) is 3.13. The Morgan fingerprint density at radius 3 is 2.58 bits per heavy atom. The fourth-order valence-electron chi connectivity index (χ4n) is 3.79. The number of fused-ring (bicyclic) bond motifs is 1. The molecular weight excluding hydrogens is 306 g/mol. The van der Waals surface area contributed by atoms with Crippen molar-refractivity contribution in [1.82, 2.24) is 10.2 Å². The summed E-state index contributed by atoms with van der Waals surface area (Å²) in [6, 6.07) is 7.19. The lowest BCUT2D eigenvalue weighted by Gasteiger charge is -2.27. The maximum absolute atomic E-state index is 12.5. The van der Waals surface area contributed by atoms with E-state index in [-0.39, 0.29) is 42.0 Å². The number of imide groups is 1. The van der Waals surface area contributed by atoms with Gasteiger partial charge in [-0.25, -0.2) is 0 Å². The van der Waals surface area contributed by atoms with Crippen molar-refractivity contribution in [2.24, 2.45) is 17.8 Å². The molecule has 3 atom stereocenters. The van der Waals surface area contributed by atoms with Crippen LogP contribution in [-0.4, -0.2) is 29.2 Å². The summed E-state index contributed by atoms with van der Waals surface area (Å²) in [5, 5.41) is 2.75. The molecule has 3 rings (SSSR count). The molecule has 6 nitrogen and oxygen atoms in total. The van der Waals surface area contributed by atoms with Gasteiger partial charge >= 0.3 is 0 Å². The number of amides is 3. The van der Waals surface area contributed by atoms with E-state index in [2.05, 4.69) is 5.32 Å². The van der Waals surface area contributed by atoms with Crippen LogP contribution in [0.2, 0.25) is 0 Å². The van der Waals surface area contributed by atoms with Crippen molar-refractivity contribution >= 4 is 23.4 Å². The maximum atomic E-state index is 12.5. The van der Waals surface area contributed by atoms with E-state index in [1.807, 2.05) is 19.1 Å². The smallest absolute Gasteiger partial charge is 0.240 e. The quantitative estimate of drug-likeness (QED) is 0.643. The van der Waals surface area contributed by atoms with E-state index in [1.54, 1.807) is 12.1 Å². The van der Waals surface area contributed by atoms with Crippen LogP contribution >= 0.6 is 0 Å². The van der Waals surface area contributed by atoms with Gasteiger partial charge in [0.1, 0.15) is 6.54 Å². The Bertz CT molecular complexity index is 656. The molecule has 1 aromatic carbocycles. The van der Waals surface area contributed by atoms with Gasteiger partial charge in [0.05, 0.1) is 11.8 Å². The van der Waals surface area contributed by atoms with Crippen molar-refractivity contribution in [3.8, 4) is 0 Å². The van der Waals surface area contributed by atoms with Crippen molar-refractivity contribution in [2.75, 3.05) is 12.3 Å². The summed E-state index contributed by atoms with van der Waals surface area (Å²) in [6.07, 6.45) is 2.69. The molecule has 128 valence electrons. The molecule has 24 heavy (non-hydrogen) atoms. The van der Waals surface area contributed by atoms with Gasteiger partial charge in [-0.3, -0.25) is 19.3 Å². The lowest BCUT2D eigenvalue weighted by molar-refractivity contribution is -0.143. The van der Waals surface area contributed by atoms with Crippen LogP contribution < -0.4 is 11.1 Å². The fourth-order valence-corrected chi connectivity index (χ4v) is 3.79. The topological polar surface area (TPSA) is 92.5 Å². The van der Waals surface area contributed by atoms with Gasteiger partial charge in [0.15, 0.2) is 0 Å². The Morgan fingerprint density at radius 2 is 1.92 bits per heavy atom. The Morgan fingerprint density at radius 1 is 1.21 bits per heavy atom. The number of hydrogen-bond acceptors (Lipinski definition) is 4. The van der Waals surface area contributed by atoms with Gasteiger partial charge in [-0.05, 0) is 36.5 Å². The lowest BCUT2D eigenvalue weighted by Crippen LogP contribution is -2.41. The van der Waals surface area contributed by atoms with E-state index in [9.17, 15) is 14.4 Å². The van der Waals surface area contributed by atoms with Gasteiger partial charge in [-0.2, -0.15) is 0 Å². The van der Waals surface area contributed by atoms with E-state index < -0.39 is 0 Å². The highest BCUT2D eigenvalue weighted by Crippen LogP contribution is 2.41. The first-order valence-electron chi connectivity index (χ1n) is 8.43. The zero-order valence-electron chi connectivity index (χ0n) is 13.8. The number of rotatable bonds is 4. The molecule has 0 bridgehead atoms. The number of likely N-dealkylation sites (tertiary alicyclic amines) is 1. The van der Waals surface area contributed by atoms with Crippen LogP contribution in [0.15, 0.2) is 24.3 Å². The van der Waals surface area contributed by atoms with E-state index in [1.165, 1.54) is 0 Å². The summed E-state index contributed by atoms with van der Waals surface area (Å²) in [5.74, 6) is -0.941. The van der Waals surface area contributed by atoms with Gasteiger partial charge in [-0.1, -0.05) is 25.5 Å². The van der Waals surface area contributed by atoms with E-state index >= 15 is 0 Å². The van der Waals surface area contributed by atoms with E-state index in [0.29, 0.717) is 12.2 Å². The number of carbonyl (C=O) groups is 3. The number of nitrogens with one attached hydrogen (secondary N) is 1. The second kappa shape index (κ2) is 6.63. The summed E-state index contributed by atoms with van der Waals surface area (Å²) < 4.78 is 0. The first-order valence-corrected chi connectivity index (χ1v) is 8.43. The zero-order valence-corrected chi connectivity index (χ0v) is 13.8. The summed E-state index contributed by atoms with van der Waals surface area (Å²) in [7, 11) is 0. The fraction of sp³-hybridized carbons (Fsp3) is 0.500. The SMILES string of the molecule is C[C@@H]1CCC[C@H]2C(=O)N(CC(=O)NCc3ccc(N)cc3)C(=O)[C@@H]12. The van der Waals surface area contributed by atoms with Crippen molar-refractivity contribution in [2.45, 2.75) is 32.7 Å². The zero-order chi connectivity index (χ0) is 17.3. The first kappa shape index (κ1) is 16.5. The van der Waals surface area contributed by atoms with Crippen LogP contribution in [0.5, 0.6) is 0 Å². The number of nitrogens with zero attached hydrogens (tertiary/aromatic N) is 1. The highest BCUT2D eigenvalue weighted by atomic mass is 16.2. The normalized spacial score (nSPS) is 26.4. The Labute approximate surface area is 141 Å². The van der Waals surface area contributed by atoms with Crippen LogP contribution in [0.3, 0.4) is 0 Å². The number of hydrogen-bond donors (Lipinski definition) is 2. The maximum Gasteiger partial charge on any atom is 0.240 e. The molecule has 0 radical (unpaired) electrons. The summed E-state index contributed by atoms with van der Waals surface area (Å²) in [4.78, 5) is 38.3. The van der Waals surface area contributed by atoms with Crippen LogP contribution in [0.25, 0.3) is 0 Å². The minimum atomic E-state index is -0.320. The number of carbonyl (C=O) groups excluding carboxylic acids is 3. The molecule has 3 amide bonds. The molecule has 2 fully saturated rings. The molecule has 3 N–H and O–H groups in total. The highest BCUT2D eigenvalue weighted by molar-refractivity contribution is 6.07. The largest absolute Gasteiger partial charge is 0.399 e. The molecule has 1 heterocycles. The van der Waals surface area contributed by atoms with Crippen LogP contribution in [0, 0.1) is 17.8 Å². The number of anilines is 1. The lowest BCUT2D eigenvalue weighted by atomic mass is 9.74. The molecule has 2 aliphatic rings. The number of nitrogen functional groups attached to an aromatic ring is 1. The van der Waals surface area contributed by atoms with Gasteiger partial charge in [0, 0.05) is 12.2 Å². The molecule has 0 spiro atoms. The second-order valence-corrected chi connectivity index (χ2v) is 6.82. The molecule has 6 heteroatoms. The van der Waals surface area contributed by atoms with Gasteiger partial charge < -0.3 is 11.1 Å². The molecule has 1 aliphatic heterocycles.